The Morgan fingerprint density at radius 2 is 1.97 bits per heavy atom. The summed E-state index contributed by atoms with van der Waals surface area (Å²) in [4.78, 5) is 29.6. The molecule has 0 aliphatic heterocycles. The van der Waals surface area contributed by atoms with Crippen LogP contribution in [0.2, 0.25) is 5.02 Å². The van der Waals surface area contributed by atoms with Gasteiger partial charge in [-0.05, 0) is 65.3 Å². The summed E-state index contributed by atoms with van der Waals surface area (Å²) >= 11 is 9.60. The van der Waals surface area contributed by atoms with Gasteiger partial charge < -0.3 is 19.0 Å². The van der Waals surface area contributed by atoms with Crippen LogP contribution in [-0.4, -0.2) is 40.2 Å². The van der Waals surface area contributed by atoms with Gasteiger partial charge in [0.2, 0.25) is 5.82 Å². The quantitative estimate of drug-likeness (QED) is 0.230. The van der Waals surface area contributed by atoms with Crippen molar-refractivity contribution in [1.82, 2.24) is 9.66 Å². The minimum atomic E-state index is -1.15. The zero-order valence-electron chi connectivity index (χ0n) is 20.0. The first-order valence-electron chi connectivity index (χ1n) is 11.3. The molecule has 38 heavy (non-hydrogen) atoms. The average molecular weight is 597 g/mol. The number of benzene rings is 3. The second-order valence-corrected chi connectivity index (χ2v) is 9.49. The van der Waals surface area contributed by atoms with E-state index in [0.29, 0.717) is 48.4 Å². The minimum absolute atomic E-state index is 0.158. The molecule has 192 valence electrons. The molecule has 2 aromatic heterocycles. The lowest BCUT2D eigenvalue weighted by Gasteiger charge is -2.15. The number of para-hydroxylation sites is 1. The first-order valence-corrected chi connectivity index (χ1v) is 12.5. The standard InChI is InChI=1S/C27H19BrClN3O6/c1-14(27(34)35)37-24-15(10-16(29)11-19(24)28)13-30-32-25(31-20-7-4-3-6-17(20)26(32)33)23-12-18-21(36-2)8-5-9-22(18)38-23/h3-14H,1-2H3,(H,34,35)/t14-/m1/s1. The first kappa shape index (κ1) is 25.5. The Kier molecular flexibility index (Phi) is 6.92. The fourth-order valence-electron chi connectivity index (χ4n) is 3.86. The SMILES string of the molecule is COc1cccc2oc(-c3nc4ccccc4c(=O)n3N=Cc3cc(Cl)cc(Br)c3O[C@H](C)C(=O)O)cc12. The maximum atomic E-state index is 13.6. The summed E-state index contributed by atoms with van der Waals surface area (Å²) in [6, 6.07) is 17.1. The fraction of sp³-hybridized carbons (Fsp3) is 0.111. The molecule has 0 spiro atoms. The largest absolute Gasteiger partial charge is 0.496 e. The molecule has 9 nitrogen and oxygen atoms in total. The molecule has 0 bridgehead atoms. The summed E-state index contributed by atoms with van der Waals surface area (Å²) in [6.07, 6.45) is 0.205. The Hall–Kier alpha value is -4.15. The number of halogens is 2. The van der Waals surface area contributed by atoms with Crippen molar-refractivity contribution in [2.75, 3.05) is 7.11 Å². The Morgan fingerprint density at radius 1 is 1.18 bits per heavy atom. The molecule has 0 fully saturated rings. The van der Waals surface area contributed by atoms with Crippen LogP contribution in [-0.2, 0) is 4.79 Å². The van der Waals surface area contributed by atoms with E-state index in [1.165, 1.54) is 13.1 Å². The van der Waals surface area contributed by atoms with Gasteiger partial charge in [-0.2, -0.15) is 9.78 Å². The molecule has 0 amide bonds. The van der Waals surface area contributed by atoms with Crippen LogP contribution in [0, 0.1) is 0 Å². The predicted octanol–water partition coefficient (Wildman–Crippen LogP) is 5.97. The highest BCUT2D eigenvalue weighted by Gasteiger charge is 2.20. The molecule has 0 unspecified atom stereocenters. The van der Waals surface area contributed by atoms with Gasteiger partial charge in [0.1, 0.15) is 17.1 Å². The van der Waals surface area contributed by atoms with Crippen molar-refractivity contribution < 1.29 is 23.8 Å². The third-order valence-corrected chi connectivity index (χ3v) is 6.51. The van der Waals surface area contributed by atoms with Crippen LogP contribution >= 0.6 is 27.5 Å². The van der Waals surface area contributed by atoms with Gasteiger partial charge in [0, 0.05) is 10.6 Å². The van der Waals surface area contributed by atoms with Crippen LogP contribution in [0.4, 0.5) is 0 Å². The van der Waals surface area contributed by atoms with E-state index in [2.05, 4.69) is 26.0 Å². The second kappa shape index (κ2) is 10.3. The van der Waals surface area contributed by atoms with Crippen molar-refractivity contribution in [3.05, 3.63) is 86.1 Å². The number of aromatic nitrogens is 2. The molecule has 5 aromatic rings. The molecule has 5 rings (SSSR count). The Bertz CT molecular complexity index is 1800. The van der Waals surface area contributed by atoms with Crippen molar-refractivity contribution in [2.45, 2.75) is 13.0 Å². The zero-order valence-corrected chi connectivity index (χ0v) is 22.4. The normalized spacial score (nSPS) is 12.3. The molecule has 2 heterocycles. The molecule has 0 saturated carbocycles. The number of nitrogens with zero attached hydrogens (tertiary/aromatic N) is 3. The van der Waals surface area contributed by atoms with Gasteiger partial charge in [-0.1, -0.05) is 29.8 Å². The summed E-state index contributed by atoms with van der Waals surface area (Å²) < 4.78 is 18.6. The lowest BCUT2D eigenvalue weighted by Crippen LogP contribution is -2.24. The van der Waals surface area contributed by atoms with Crippen molar-refractivity contribution in [3.8, 4) is 23.1 Å². The minimum Gasteiger partial charge on any atom is -0.496 e. The number of carboxylic acids is 1. The highest BCUT2D eigenvalue weighted by atomic mass is 79.9. The van der Waals surface area contributed by atoms with Crippen molar-refractivity contribution in [3.63, 3.8) is 0 Å². The smallest absolute Gasteiger partial charge is 0.344 e. The number of aliphatic carboxylic acids is 1. The van der Waals surface area contributed by atoms with Crippen LogP contribution < -0.4 is 15.0 Å². The van der Waals surface area contributed by atoms with E-state index >= 15 is 0 Å². The van der Waals surface area contributed by atoms with Crippen LogP contribution in [0.15, 0.2) is 79.4 Å². The number of carbonyl (C=O) groups is 1. The molecule has 3 aromatic carbocycles. The van der Waals surface area contributed by atoms with E-state index in [1.54, 1.807) is 67.8 Å². The number of fused-ring (bicyclic) bond motifs is 2. The molecule has 0 aliphatic rings. The van der Waals surface area contributed by atoms with E-state index in [0.717, 1.165) is 4.68 Å². The maximum absolute atomic E-state index is 13.6. The van der Waals surface area contributed by atoms with Gasteiger partial charge >= 0.3 is 5.97 Å². The summed E-state index contributed by atoms with van der Waals surface area (Å²) in [6.45, 7) is 1.40. The topological polar surface area (TPSA) is 116 Å². The van der Waals surface area contributed by atoms with Gasteiger partial charge in [0.25, 0.3) is 5.56 Å². The van der Waals surface area contributed by atoms with Crippen molar-refractivity contribution >= 4 is 61.6 Å². The highest BCUT2D eigenvalue weighted by molar-refractivity contribution is 9.10. The molecular formula is C27H19BrClN3O6. The van der Waals surface area contributed by atoms with E-state index in [4.69, 9.17) is 25.5 Å². The third-order valence-electron chi connectivity index (χ3n) is 5.71. The highest BCUT2D eigenvalue weighted by Crippen LogP contribution is 2.34. The van der Waals surface area contributed by atoms with Gasteiger partial charge in [0.15, 0.2) is 11.9 Å². The number of furan rings is 1. The molecular weight excluding hydrogens is 578 g/mol. The second-order valence-electron chi connectivity index (χ2n) is 8.20. The van der Waals surface area contributed by atoms with Crippen LogP contribution in [0.3, 0.4) is 0 Å². The number of methoxy groups -OCH3 is 1. The van der Waals surface area contributed by atoms with Gasteiger partial charge in [-0.3, -0.25) is 4.79 Å². The summed E-state index contributed by atoms with van der Waals surface area (Å²) in [5.41, 5.74) is 0.928. The maximum Gasteiger partial charge on any atom is 0.344 e. The van der Waals surface area contributed by atoms with Crippen molar-refractivity contribution in [1.29, 1.82) is 0 Å². The predicted molar refractivity (Wildman–Crippen MR) is 148 cm³/mol. The lowest BCUT2D eigenvalue weighted by molar-refractivity contribution is -0.144. The Labute approximate surface area is 229 Å². The number of ether oxygens (including phenoxy) is 2. The monoisotopic (exact) mass is 595 g/mol. The molecule has 0 saturated heterocycles. The first-order chi connectivity index (χ1) is 18.3. The third kappa shape index (κ3) is 4.75. The molecule has 0 radical (unpaired) electrons. The summed E-state index contributed by atoms with van der Waals surface area (Å²) in [5.74, 6) is 0.115. The molecule has 11 heteroatoms. The zero-order chi connectivity index (χ0) is 27.0. The van der Waals surface area contributed by atoms with Crippen LogP contribution in [0.25, 0.3) is 33.5 Å². The van der Waals surface area contributed by atoms with Crippen LogP contribution in [0.1, 0.15) is 12.5 Å². The number of hydrogen-bond donors (Lipinski definition) is 1. The summed E-state index contributed by atoms with van der Waals surface area (Å²) in [7, 11) is 1.56. The van der Waals surface area contributed by atoms with Gasteiger partial charge in [-0.15, -0.1) is 0 Å². The number of rotatable bonds is 7. The summed E-state index contributed by atoms with van der Waals surface area (Å²) in [5, 5.41) is 15.1. The number of hydrogen-bond acceptors (Lipinski definition) is 7. The van der Waals surface area contributed by atoms with E-state index < -0.39 is 17.6 Å². The lowest BCUT2D eigenvalue weighted by atomic mass is 10.2. The van der Waals surface area contributed by atoms with E-state index in [9.17, 15) is 14.7 Å². The van der Waals surface area contributed by atoms with Crippen LogP contribution in [0.5, 0.6) is 11.5 Å². The van der Waals surface area contributed by atoms with E-state index in [-0.39, 0.29) is 11.6 Å². The Balaban J connectivity index is 1.71. The Morgan fingerprint density at radius 3 is 2.74 bits per heavy atom. The van der Waals surface area contributed by atoms with Gasteiger partial charge in [0.05, 0.1) is 34.1 Å². The van der Waals surface area contributed by atoms with Gasteiger partial charge in [-0.25, -0.2) is 9.78 Å². The average Bonchev–Trinajstić information content (AvgIpc) is 3.34. The molecule has 1 N–H and O–H groups in total. The molecule has 0 aliphatic carbocycles. The molecule has 1 atom stereocenters. The number of carboxylic acid groups (broad SMARTS) is 1. The van der Waals surface area contributed by atoms with Crippen molar-refractivity contribution in [2.24, 2.45) is 5.10 Å². The fourth-order valence-corrected chi connectivity index (χ4v) is 4.79. The van der Waals surface area contributed by atoms with E-state index in [1.807, 2.05) is 0 Å².